The Morgan fingerprint density at radius 1 is 1.04 bits per heavy atom. The van der Waals surface area contributed by atoms with E-state index in [1.807, 2.05) is 0 Å². The summed E-state index contributed by atoms with van der Waals surface area (Å²) < 4.78 is 34.3. The highest BCUT2D eigenvalue weighted by atomic mass is 127. The van der Waals surface area contributed by atoms with Gasteiger partial charge in [-0.3, -0.25) is 9.52 Å². The molecule has 0 atom stereocenters. The third kappa shape index (κ3) is 5.10. The molecular formula is C18H21IN2O4S. The number of carbonyl (C=O) groups is 1. The van der Waals surface area contributed by atoms with E-state index >= 15 is 0 Å². The Kier molecular flexibility index (Phi) is 6.17. The molecule has 0 aliphatic heterocycles. The zero-order chi connectivity index (χ0) is 19.5. The lowest BCUT2D eigenvalue weighted by molar-refractivity contribution is -0.123. The normalized spacial score (nSPS) is 11.7. The highest BCUT2D eigenvalue weighted by Gasteiger charge is 2.24. The number of carbonyl (C=O) groups excluding carboxylic acids is 1. The Hall–Kier alpha value is -1.81. The first-order chi connectivity index (χ1) is 12.0. The van der Waals surface area contributed by atoms with E-state index in [4.69, 9.17) is 4.74 Å². The van der Waals surface area contributed by atoms with Crippen LogP contribution >= 0.6 is 22.6 Å². The van der Waals surface area contributed by atoms with Crippen molar-refractivity contribution in [2.75, 3.05) is 17.1 Å². The predicted octanol–water partition coefficient (Wildman–Crippen LogP) is 4.09. The number of sulfonamides is 1. The van der Waals surface area contributed by atoms with E-state index in [0.717, 1.165) is 3.57 Å². The Balaban J connectivity index is 2.37. The highest BCUT2D eigenvalue weighted by Crippen LogP contribution is 2.29. The fraction of sp³-hybridized carbons (Fsp3) is 0.278. The summed E-state index contributed by atoms with van der Waals surface area (Å²) in [7, 11) is -2.50. The summed E-state index contributed by atoms with van der Waals surface area (Å²) in [5.41, 5.74) is 0.226. The standard InChI is InChI=1S/C18H21IN2O4S/c1-18(2,3)17(22)20-14-9-10-15(25-4)16(11-14)26(23,24)21-13-7-5-12(19)6-8-13/h5-11,21H,1-4H3,(H,20,22). The lowest BCUT2D eigenvalue weighted by Crippen LogP contribution is -2.27. The first-order valence-electron chi connectivity index (χ1n) is 7.81. The van der Waals surface area contributed by atoms with Crippen molar-refractivity contribution in [3.05, 3.63) is 46.0 Å². The van der Waals surface area contributed by atoms with Gasteiger partial charge < -0.3 is 10.1 Å². The molecule has 0 bridgehead atoms. The monoisotopic (exact) mass is 488 g/mol. The van der Waals surface area contributed by atoms with Crippen molar-refractivity contribution in [3.63, 3.8) is 0 Å². The summed E-state index contributed by atoms with van der Waals surface area (Å²) in [6, 6.07) is 11.5. The van der Waals surface area contributed by atoms with Crippen LogP contribution in [0.25, 0.3) is 0 Å². The molecule has 0 spiro atoms. The van der Waals surface area contributed by atoms with E-state index < -0.39 is 15.4 Å². The number of ether oxygens (including phenoxy) is 1. The van der Waals surface area contributed by atoms with Crippen LogP contribution in [0.3, 0.4) is 0 Å². The smallest absolute Gasteiger partial charge is 0.265 e. The number of hydrogen-bond donors (Lipinski definition) is 2. The second kappa shape index (κ2) is 7.83. The number of rotatable bonds is 5. The molecule has 0 unspecified atom stereocenters. The molecular weight excluding hydrogens is 467 g/mol. The van der Waals surface area contributed by atoms with Crippen LogP contribution in [0.1, 0.15) is 20.8 Å². The van der Waals surface area contributed by atoms with Crippen LogP contribution in [0.15, 0.2) is 47.4 Å². The van der Waals surface area contributed by atoms with Crippen LogP contribution in [0.4, 0.5) is 11.4 Å². The number of hydrogen-bond acceptors (Lipinski definition) is 4. The quantitative estimate of drug-likeness (QED) is 0.622. The second-order valence-electron chi connectivity index (χ2n) is 6.68. The molecule has 8 heteroatoms. The average molecular weight is 488 g/mol. The van der Waals surface area contributed by atoms with E-state index in [-0.39, 0.29) is 16.6 Å². The van der Waals surface area contributed by atoms with Gasteiger partial charge in [0, 0.05) is 20.4 Å². The van der Waals surface area contributed by atoms with Gasteiger partial charge in [-0.25, -0.2) is 8.42 Å². The number of anilines is 2. The fourth-order valence-corrected chi connectivity index (χ4v) is 3.63. The SMILES string of the molecule is COc1ccc(NC(=O)C(C)(C)C)cc1S(=O)(=O)Nc1ccc(I)cc1. The summed E-state index contributed by atoms with van der Waals surface area (Å²) in [5, 5.41) is 2.73. The molecule has 0 saturated heterocycles. The van der Waals surface area contributed by atoms with Crippen molar-refractivity contribution in [1.82, 2.24) is 0 Å². The van der Waals surface area contributed by atoms with Crippen molar-refractivity contribution < 1.29 is 17.9 Å². The molecule has 0 aliphatic rings. The highest BCUT2D eigenvalue weighted by molar-refractivity contribution is 14.1. The minimum Gasteiger partial charge on any atom is -0.495 e. The summed E-state index contributed by atoms with van der Waals surface area (Å²) in [5.74, 6) is -0.0200. The van der Waals surface area contributed by atoms with Gasteiger partial charge in [0.15, 0.2) is 0 Å². The van der Waals surface area contributed by atoms with Gasteiger partial charge in [0.25, 0.3) is 10.0 Å². The van der Waals surface area contributed by atoms with E-state index in [1.54, 1.807) is 51.1 Å². The van der Waals surface area contributed by atoms with Crippen LogP contribution < -0.4 is 14.8 Å². The molecule has 1 amide bonds. The fourth-order valence-electron chi connectivity index (χ4n) is 2.01. The van der Waals surface area contributed by atoms with Gasteiger partial charge in [0.1, 0.15) is 10.6 Å². The number of methoxy groups -OCH3 is 1. The third-order valence-electron chi connectivity index (χ3n) is 3.49. The van der Waals surface area contributed by atoms with Gasteiger partial charge in [-0.05, 0) is 65.1 Å². The second-order valence-corrected chi connectivity index (χ2v) is 9.58. The van der Waals surface area contributed by atoms with Crippen molar-refractivity contribution >= 4 is 49.9 Å². The first kappa shape index (κ1) is 20.5. The minimum atomic E-state index is -3.89. The maximum Gasteiger partial charge on any atom is 0.265 e. The molecule has 6 nitrogen and oxygen atoms in total. The van der Waals surface area contributed by atoms with Crippen LogP contribution in [0, 0.1) is 8.99 Å². The molecule has 26 heavy (non-hydrogen) atoms. The molecule has 2 aromatic rings. The molecule has 0 aliphatic carbocycles. The largest absolute Gasteiger partial charge is 0.495 e. The van der Waals surface area contributed by atoms with Gasteiger partial charge in [0.2, 0.25) is 5.91 Å². The molecule has 140 valence electrons. The Bertz CT molecular complexity index is 904. The summed E-state index contributed by atoms with van der Waals surface area (Å²) in [6.07, 6.45) is 0. The lowest BCUT2D eigenvalue weighted by atomic mass is 9.95. The molecule has 0 heterocycles. The molecule has 0 aromatic heterocycles. The van der Waals surface area contributed by atoms with Crippen LogP contribution in [-0.2, 0) is 14.8 Å². The first-order valence-corrected chi connectivity index (χ1v) is 10.4. The molecule has 0 radical (unpaired) electrons. The van der Waals surface area contributed by atoms with Gasteiger partial charge in [0.05, 0.1) is 7.11 Å². The van der Waals surface area contributed by atoms with E-state index in [0.29, 0.717) is 11.4 Å². The van der Waals surface area contributed by atoms with Crippen molar-refractivity contribution in [2.45, 2.75) is 25.7 Å². The predicted molar refractivity (Wildman–Crippen MR) is 111 cm³/mol. The maximum absolute atomic E-state index is 12.8. The van der Waals surface area contributed by atoms with E-state index in [2.05, 4.69) is 32.6 Å². The summed E-state index contributed by atoms with van der Waals surface area (Å²) in [4.78, 5) is 12.1. The Labute approximate surface area is 167 Å². The number of amides is 1. The number of benzene rings is 2. The molecule has 2 rings (SSSR count). The zero-order valence-corrected chi connectivity index (χ0v) is 17.9. The van der Waals surface area contributed by atoms with Crippen LogP contribution in [0.2, 0.25) is 0 Å². The van der Waals surface area contributed by atoms with Crippen LogP contribution in [0.5, 0.6) is 5.75 Å². The maximum atomic E-state index is 12.8. The topological polar surface area (TPSA) is 84.5 Å². The van der Waals surface area contributed by atoms with Gasteiger partial charge >= 0.3 is 0 Å². The lowest BCUT2D eigenvalue weighted by Gasteiger charge is -2.19. The number of halogens is 1. The third-order valence-corrected chi connectivity index (χ3v) is 5.61. The summed E-state index contributed by atoms with van der Waals surface area (Å²) >= 11 is 2.14. The van der Waals surface area contributed by atoms with Gasteiger partial charge in [-0.2, -0.15) is 0 Å². The van der Waals surface area contributed by atoms with Crippen LogP contribution in [-0.4, -0.2) is 21.4 Å². The van der Waals surface area contributed by atoms with Crippen molar-refractivity contribution in [3.8, 4) is 5.75 Å². The van der Waals surface area contributed by atoms with E-state index in [1.165, 1.54) is 19.2 Å². The summed E-state index contributed by atoms with van der Waals surface area (Å²) in [6.45, 7) is 5.34. The molecule has 0 saturated carbocycles. The minimum absolute atomic E-state index is 0.0507. The number of nitrogens with one attached hydrogen (secondary N) is 2. The average Bonchev–Trinajstić information content (AvgIpc) is 2.56. The molecule has 2 N–H and O–H groups in total. The van der Waals surface area contributed by atoms with Gasteiger partial charge in [-0.15, -0.1) is 0 Å². The van der Waals surface area contributed by atoms with Crippen molar-refractivity contribution in [2.24, 2.45) is 5.41 Å². The van der Waals surface area contributed by atoms with E-state index in [9.17, 15) is 13.2 Å². The molecule has 0 fully saturated rings. The van der Waals surface area contributed by atoms with Crippen molar-refractivity contribution in [1.29, 1.82) is 0 Å². The zero-order valence-electron chi connectivity index (χ0n) is 15.0. The Morgan fingerprint density at radius 2 is 1.62 bits per heavy atom. The Morgan fingerprint density at radius 3 is 2.15 bits per heavy atom. The van der Waals surface area contributed by atoms with Gasteiger partial charge in [-0.1, -0.05) is 20.8 Å². The molecule has 2 aromatic carbocycles.